The van der Waals surface area contributed by atoms with Crippen LogP contribution in [0.15, 0.2) is 18.2 Å². The second-order valence-electron chi connectivity index (χ2n) is 5.85. The molecule has 1 aromatic carbocycles. The van der Waals surface area contributed by atoms with Crippen LogP contribution in [-0.4, -0.2) is 32.3 Å². The van der Waals surface area contributed by atoms with Gasteiger partial charge in [0, 0.05) is 38.0 Å². The Morgan fingerprint density at radius 2 is 2.10 bits per heavy atom. The number of anilines is 1. The van der Waals surface area contributed by atoms with Gasteiger partial charge in [0.1, 0.15) is 5.82 Å². The van der Waals surface area contributed by atoms with Crippen molar-refractivity contribution in [3.63, 3.8) is 0 Å². The molecule has 0 radical (unpaired) electrons. The number of halogens is 1. The molecular weight excluding hydrogens is 255 g/mol. The van der Waals surface area contributed by atoms with Crippen molar-refractivity contribution in [1.29, 1.82) is 0 Å². The number of hydrogen-bond donors (Lipinski definition) is 1. The van der Waals surface area contributed by atoms with Gasteiger partial charge < -0.3 is 15.0 Å². The highest BCUT2D eigenvalue weighted by Crippen LogP contribution is 2.34. The van der Waals surface area contributed by atoms with E-state index in [1.165, 1.54) is 31.4 Å². The summed E-state index contributed by atoms with van der Waals surface area (Å²) in [4.78, 5) is 2.38. The predicted octanol–water partition coefficient (Wildman–Crippen LogP) is 2.69. The summed E-state index contributed by atoms with van der Waals surface area (Å²) in [6.45, 7) is 2.35. The normalized spacial score (nSPS) is 18.3. The van der Waals surface area contributed by atoms with Gasteiger partial charge in [-0.2, -0.15) is 0 Å². The number of methoxy groups -OCH3 is 1. The number of nitrogens with zero attached hydrogens (tertiary/aromatic N) is 1. The fourth-order valence-corrected chi connectivity index (χ4v) is 2.59. The second kappa shape index (κ2) is 6.10. The maximum Gasteiger partial charge on any atom is 0.123 e. The van der Waals surface area contributed by atoms with Crippen molar-refractivity contribution < 1.29 is 9.13 Å². The maximum atomic E-state index is 13.5. The fourth-order valence-electron chi connectivity index (χ4n) is 2.59. The maximum absolute atomic E-state index is 13.5. The molecule has 4 heteroatoms. The van der Waals surface area contributed by atoms with Crippen LogP contribution in [0.2, 0.25) is 0 Å². The van der Waals surface area contributed by atoms with Crippen LogP contribution in [-0.2, 0) is 11.3 Å². The van der Waals surface area contributed by atoms with Gasteiger partial charge >= 0.3 is 0 Å². The van der Waals surface area contributed by atoms with Crippen LogP contribution in [0.3, 0.4) is 0 Å². The summed E-state index contributed by atoms with van der Waals surface area (Å²) >= 11 is 0. The van der Waals surface area contributed by atoms with Gasteiger partial charge in [0.2, 0.25) is 0 Å². The number of hydrogen-bond acceptors (Lipinski definition) is 3. The highest BCUT2D eigenvalue weighted by molar-refractivity contribution is 5.55. The first-order chi connectivity index (χ1) is 9.78. The van der Waals surface area contributed by atoms with Crippen molar-refractivity contribution in [3.8, 4) is 0 Å². The lowest BCUT2D eigenvalue weighted by molar-refractivity contribution is 0.205. The lowest BCUT2D eigenvalue weighted by Crippen LogP contribution is -2.31. The van der Waals surface area contributed by atoms with Crippen molar-refractivity contribution >= 4 is 5.69 Å². The summed E-state index contributed by atoms with van der Waals surface area (Å²) in [5, 5.41) is 3.49. The summed E-state index contributed by atoms with van der Waals surface area (Å²) in [6, 6.07) is 6.41. The smallest absolute Gasteiger partial charge is 0.123 e. The van der Waals surface area contributed by atoms with Gasteiger partial charge in [0.25, 0.3) is 0 Å². The van der Waals surface area contributed by atoms with Gasteiger partial charge in [0.05, 0.1) is 6.61 Å². The van der Waals surface area contributed by atoms with Crippen LogP contribution in [0.1, 0.15) is 31.2 Å². The molecule has 110 valence electrons. The summed E-state index contributed by atoms with van der Waals surface area (Å²) in [7, 11) is 1.73. The van der Waals surface area contributed by atoms with E-state index in [1.807, 2.05) is 6.07 Å². The number of nitrogens with one attached hydrogen (secondary N) is 1. The number of ether oxygens (including phenoxy) is 1. The third-order valence-corrected chi connectivity index (χ3v) is 4.03. The molecule has 0 heterocycles. The van der Waals surface area contributed by atoms with Gasteiger partial charge in [-0.1, -0.05) is 0 Å². The standard InChI is InChI=1S/C16H23FN2O/c1-20-9-8-19(15-5-6-15)16-7-2-13(17)10-12(16)11-18-14-3-4-14/h2,7,10,14-15,18H,3-6,8-9,11H2,1H3. The number of benzene rings is 1. The van der Waals surface area contributed by atoms with E-state index in [2.05, 4.69) is 10.2 Å². The molecular formula is C16H23FN2O. The fraction of sp³-hybridized carbons (Fsp3) is 0.625. The Bertz CT molecular complexity index is 458. The van der Waals surface area contributed by atoms with E-state index in [9.17, 15) is 4.39 Å². The lowest BCUT2D eigenvalue weighted by atomic mass is 10.1. The Kier molecular flexibility index (Phi) is 4.22. The largest absolute Gasteiger partial charge is 0.383 e. The van der Waals surface area contributed by atoms with Gasteiger partial charge in [-0.3, -0.25) is 0 Å². The van der Waals surface area contributed by atoms with E-state index < -0.39 is 0 Å². The van der Waals surface area contributed by atoms with Gasteiger partial charge in [-0.25, -0.2) is 4.39 Å². The summed E-state index contributed by atoms with van der Waals surface area (Å²) in [6.07, 6.45) is 4.97. The lowest BCUT2D eigenvalue weighted by Gasteiger charge is -2.27. The Labute approximate surface area is 120 Å². The molecule has 3 rings (SSSR count). The van der Waals surface area contributed by atoms with E-state index in [-0.39, 0.29) is 5.82 Å². The Balaban J connectivity index is 1.77. The Hall–Kier alpha value is -1.13. The highest BCUT2D eigenvalue weighted by atomic mass is 19.1. The minimum Gasteiger partial charge on any atom is -0.383 e. The highest BCUT2D eigenvalue weighted by Gasteiger charge is 2.30. The molecule has 0 aliphatic heterocycles. The van der Waals surface area contributed by atoms with E-state index in [0.717, 1.165) is 18.7 Å². The summed E-state index contributed by atoms with van der Waals surface area (Å²) in [5.41, 5.74) is 2.24. The molecule has 2 aliphatic carbocycles. The topological polar surface area (TPSA) is 24.5 Å². The van der Waals surface area contributed by atoms with Crippen molar-refractivity contribution in [2.75, 3.05) is 25.2 Å². The zero-order valence-electron chi connectivity index (χ0n) is 12.1. The SMILES string of the molecule is COCCN(c1ccc(F)cc1CNC1CC1)C1CC1. The van der Waals surface area contributed by atoms with Crippen LogP contribution < -0.4 is 10.2 Å². The van der Waals surface area contributed by atoms with Crippen LogP contribution in [0.25, 0.3) is 0 Å². The predicted molar refractivity (Wildman–Crippen MR) is 78.5 cm³/mol. The van der Waals surface area contributed by atoms with Crippen LogP contribution in [0, 0.1) is 5.82 Å². The first-order valence-electron chi connectivity index (χ1n) is 7.55. The molecule has 0 aromatic heterocycles. The number of rotatable bonds is 8. The Morgan fingerprint density at radius 3 is 2.75 bits per heavy atom. The summed E-state index contributed by atoms with van der Waals surface area (Å²) in [5.74, 6) is -0.149. The van der Waals surface area contributed by atoms with Crippen LogP contribution in [0.5, 0.6) is 0 Å². The van der Waals surface area contributed by atoms with Gasteiger partial charge in [-0.05, 0) is 49.4 Å². The monoisotopic (exact) mass is 278 g/mol. The third kappa shape index (κ3) is 3.49. The summed E-state index contributed by atoms with van der Waals surface area (Å²) < 4.78 is 18.8. The molecule has 20 heavy (non-hydrogen) atoms. The van der Waals surface area contributed by atoms with Crippen molar-refractivity contribution in [2.24, 2.45) is 0 Å². The quantitative estimate of drug-likeness (QED) is 0.791. The van der Waals surface area contributed by atoms with Crippen molar-refractivity contribution in [3.05, 3.63) is 29.6 Å². The van der Waals surface area contributed by atoms with Crippen LogP contribution in [0.4, 0.5) is 10.1 Å². The zero-order valence-corrected chi connectivity index (χ0v) is 12.1. The molecule has 0 unspecified atom stereocenters. The van der Waals surface area contributed by atoms with Crippen molar-refractivity contribution in [2.45, 2.75) is 44.3 Å². The van der Waals surface area contributed by atoms with Crippen LogP contribution >= 0.6 is 0 Å². The van der Waals surface area contributed by atoms with E-state index >= 15 is 0 Å². The molecule has 2 saturated carbocycles. The molecule has 2 aliphatic rings. The molecule has 2 fully saturated rings. The molecule has 1 N–H and O–H groups in total. The molecule has 0 spiro atoms. The molecule has 0 saturated heterocycles. The minimum atomic E-state index is -0.149. The minimum absolute atomic E-state index is 0.149. The van der Waals surface area contributed by atoms with Crippen molar-refractivity contribution in [1.82, 2.24) is 5.32 Å². The molecule has 1 aromatic rings. The molecule has 0 amide bonds. The van der Waals surface area contributed by atoms with Gasteiger partial charge in [-0.15, -0.1) is 0 Å². The molecule has 0 bridgehead atoms. The average Bonchev–Trinajstić information content (AvgIpc) is 3.32. The average molecular weight is 278 g/mol. The zero-order chi connectivity index (χ0) is 13.9. The second-order valence-corrected chi connectivity index (χ2v) is 5.85. The van der Waals surface area contributed by atoms with E-state index in [1.54, 1.807) is 19.2 Å². The molecule has 3 nitrogen and oxygen atoms in total. The molecule has 0 atom stereocenters. The third-order valence-electron chi connectivity index (χ3n) is 4.03. The first-order valence-corrected chi connectivity index (χ1v) is 7.55. The van der Waals surface area contributed by atoms with Gasteiger partial charge in [0.15, 0.2) is 0 Å². The van der Waals surface area contributed by atoms with E-state index in [0.29, 0.717) is 18.7 Å². The Morgan fingerprint density at radius 1 is 1.30 bits per heavy atom. The first kappa shape index (κ1) is 13.8. The van der Waals surface area contributed by atoms with E-state index in [4.69, 9.17) is 4.74 Å².